The van der Waals surface area contributed by atoms with Crippen molar-refractivity contribution >= 4 is 34.7 Å². The fraction of sp³-hybridized carbons (Fsp3) is 0.261. The molecule has 0 spiro atoms. The van der Waals surface area contributed by atoms with Gasteiger partial charge in [-0.2, -0.15) is 0 Å². The van der Waals surface area contributed by atoms with E-state index in [4.69, 9.17) is 4.74 Å². The van der Waals surface area contributed by atoms with Crippen molar-refractivity contribution < 1.29 is 18.7 Å². The lowest BCUT2D eigenvalue weighted by Gasteiger charge is -2.20. The number of amides is 2. The average Bonchev–Trinajstić information content (AvgIpc) is 3.09. The van der Waals surface area contributed by atoms with Crippen LogP contribution in [0.2, 0.25) is 0 Å². The van der Waals surface area contributed by atoms with E-state index in [9.17, 15) is 14.0 Å². The molecule has 3 aromatic rings. The van der Waals surface area contributed by atoms with Gasteiger partial charge in [-0.25, -0.2) is 14.2 Å². The first-order chi connectivity index (χ1) is 14.6. The van der Waals surface area contributed by atoms with Crippen molar-refractivity contribution in [2.24, 2.45) is 0 Å². The Bertz CT molecular complexity index is 1090. The Balaban J connectivity index is 1.67. The molecule has 3 rings (SSSR count). The van der Waals surface area contributed by atoms with Gasteiger partial charge < -0.3 is 10.1 Å². The molecule has 0 saturated heterocycles. The van der Waals surface area contributed by atoms with Crippen LogP contribution in [0.25, 0.3) is 11.3 Å². The minimum Gasteiger partial charge on any atom is -0.444 e. The van der Waals surface area contributed by atoms with E-state index in [1.807, 2.05) is 36.6 Å². The lowest BCUT2D eigenvalue weighted by Crippen LogP contribution is -2.27. The Labute approximate surface area is 184 Å². The van der Waals surface area contributed by atoms with Gasteiger partial charge in [-0.3, -0.25) is 10.1 Å². The molecule has 0 radical (unpaired) electrons. The van der Waals surface area contributed by atoms with Gasteiger partial charge in [0, 0.05) is 10.9 Å². The molecule has 0 fully saturated rings. The summed E-state index contributed by atoms with van der Waals surface area (Å²) >= 11 is 1.58. The fourth-order valence-electron chi connectivity index (χ4n) is 2.81. The maximum atomic E-state index is 13.7. The third-order valence-electron chi connectivity index (χ3n) is 4.12. The Kier molecular flexibility index (Phi) is 6.70. The molecule has 6 nitrogen and oxygen atoms in total. The lowest BCUT2D eigenvalue weighted by atomic mass is 10.1. The summed E-state index contributed by atoms with van der Waals surface area (Å²) in [4.78, 5) is 29.0. The molecule has 0 aliphatic heterocycles. The van der Waals surface area contributed by atoms with E-state index < -0.39 is 17.5 Å². The smallest absolute Gasteiger partial charge is 0.412 e. The Morgan fingerprint density at radius 1 is 1.06 bits per heavy atom. The third-order valence-corrected chi connectivity index (χ3v) is 4.90. The SMILES string of the molecule is Cc1nc(-c2ccc(CC(=O)Nc3cc(F)ccc3NC(=O)OC(C)(C)C)cc2)cs1. The van der Waals surface area contributed by atoms with Crippen molar-refractivity contribution in [1.82, 2.24) is 4.98 Å². The van der Waals surface area contributed by atoms with Crippen molar-refractivity contribution in [2.75, 3.05) is 10.6 Å². The second-order valence-electron chi connectivity index (χ2n) is 7.99. The molecule has 0 aliphatic carbocycles. The molecule has 2 amide bonds. The predicted octanol–water partition coefficient (Wildman–Crippen LogP) is 5.79. The molecule has 0 aliphatic rings. The summed E-state index contributed by atoms with van der Waals surface area (Å²) in [6, 6.07) is 11.3. The molecular formula is C23H24FN3O3S. The minimum absolute atomic E-state index is 0.0960. The molecular weight excluding hydrogens is 417 g/mol. The highest BCUT2D eigenvalue weighted by atomic mass is 32.1. The van der Waals surface area contributed by atoms with E-state index >= 15 is 0 Å². The van der Waals surface area contributed by atoms with Gasteiger partial charge in [-0.15, -0.1) is 11.3 Å². The van der Waals surface area contributed by atoms with E-state index in [1.165, 1.54) is 12.1 Å². The molecule has 1 heterocycles. The Hall–Kier alpha value is -3.26. The summed E-state index contributed by atoms with van der Waals surface area (Å²) < 4.78 is 19.0. The largest absolute Gasteiger partial charge is 0.444 e. The monoisotopic (exact) mass is 441 g/mol. The topological polar surface area (TPSA) is 80.3 Å². The number of nitrogens with zero attached hydrogens (tertiary/aromatic N) is 1. The summed E-state index contributed by atoms with van der Waals surface area (Å²) in [5.41, 5.74) is 2.39. The quantitative estimate of drug-likeness (QED) is 0.525. The highest BCUT2D eigenvalue weighted by molar-refractivity contribution is 7.09. The number of thiazole rings is 1. The zero-order valence-corrected chi connectivity index (χ0v) is 18.6. The van der Waals surface area contributed by atoms with Crippen LogP contribution in [0.5, 0.6) is 0 Å². The number of aryl methyl sites for hydroxylation is 1. The Morgan fingerprint density at radius 2 is 1.77 bits per heavy atom. The Morgan fingerprint density at radius 3 is 2.39 bits per heavy atom. The molecule has 31 heavy (non-hydrogen) atoms. The number of hydrogen-bond acceptors (Lipinski definition) is 5. The molecule has 162 valence electrons. The van der Waals surface area contributed by atoms with Gasteiger partial charge >= 0.3 is 6.09 Å². The zero-order valence-electron chi connectivity index (χ0n) is 17.8. The maximum Gasteiger partial charge on any atom is 0.412 e. The van der Waals surface area contributed by atoms with Gasteiger partial charge in [-0.05, 0) is 51.5 Å². The standard InChI is InChI=1S/C23H24FN3O3S/c1-14-25-20(13-31-14)16-7-5-15(6-8-16)11-21(28)26-19-12-17(24)9-10-18(19)27-22(29)30-23(2,3)4/h5-10,12-13H,11H2,1-4H3,(H,26,28)(H,27,29). The number of rotatable bonds is 5. The van der Waals surface area contributed by atoms with E-state index in [0.29, 0.717) is 0 Å². The fourth-order valence-corrected chi connectivity index (χ4v) is 3.43. The normalized spacial score (nSPS) is 11.1. The van der Waals surface area contributed by atoms with Gasteiger partial charge in [0.25, 0.3) is 0 Å². The molecule has 0 atom stereocenters. The van der Waals surface area contributed by atoms with Gasteiger partial charge in [0.15, 0.2) is 0 Å². The van der Waals surface area contributed by atoms with Crippen LogP contribution in [0, 0.1) is 12.7 Å². The zero-order chi connectivity index (χ0) is 22.6. The highest BCUT2D eigenvalue weighted by Gasteiger charge is 2.18. The number of aromatic nitrogens is 1. The van der Waals surface area contributed by atoms with Crippen LogP contribution in [0.15, 0.2) is 47.8 Å². The number of carbonyl (C=O) groups is 2. The molecule has 0 unspecified atom stereocenters. The summed E-state index contributed by atoms with van der Waals surface area (Å²) in [6.45, 7) is 7.16. The second kappa shape index (κ2) is 9.26. The molecule has 2 N–H and O–H groups in total. The maximum absolute atomic E-state index is 13.7. The number of hydrogen-bond donors (Lipinski definition) is 2. The van der Waals surface area contributed by atoms with Crippen LogP contribution < -0.4 is 10.6 Å². The van der Waals surface area contributed by atoms with Crippen LogP contribution in [0.4, 0.5) is 20.6 Å². The molecule has 0 saturated carbocycles. The molecule has 2 aromatic carbocycles. The van der Waals surface area contributed by atoms with E-state index in [0.717, 1.165) is 27.9 Å². The van der Waals surface area contributed by atoms with E-state index in [2.05, 4.69) is 15.6 Å². The minimum atomic E-state index is -0.692. The van der Waals surface area contributed by atoms with Crippen LogP contribution in [-0.4, -0.2) is 22.6 Å². The summed E-state index contributed by atoms with van der Waals surface area (Å²) in [5.74, 6) is -0.872. The van der Waals surface area contributed by atoms with Gasteiger partial charge in [-0.1, -0.05) is 24.3 Å². The first-order valence-corrected chi connectivity index (χ1v) is 10.6. The molecule has 0 bridgehead atoms. The van der Waals surface area contributed by atoms with E-state index in [1.54, 1.807) is 32.1 Å². The van der Waals surface area contributed by atoms with Crippen molar-refractivity contribution in [1.29, 1.82) is 0 Å². The lowest BCUT2D eigenvalue weighted by molar-refractivity contribution is -0.115. The van der Waals surface area contributed by atoms with Gasteiger partial charge in [0.05, 0.1) is 28.5 Å². The van der Waals surface area contributed by atoms with E-state index in [-0.39, 0.29) is 23.7 Å². The third kappa shape index (κ3) is 6.62. The number of ether oxygens (including phenoxy) is 1. The summed E-state index contributed by atoms with van der Waals surface area (Å²) in [6.07, 6.45) is -0.596. The highest BCUT2D eigenvalue weighted by Crippen LogP contribution is 2.25. The number of halogens is 1. The first-order valence-electron chi connectivity index (χ1n) is 9.70. The summed E-state index contributed by atoms with van der Waals surface area (Å²) in [5, 5.41) is 8.18. The molecule has 1 aromatic heterocycles. The van der Waals surface area contributed by atoms with Crippen molar-refractivity contribution in [3.05, 3.63) is 64.2 Å². The van der Waals surface area contributed by atoms with Crippen molar-refractivity contribution in [3.63, 3.8) is 0 Å². The number of nitrogens with one attached hydrogen (secondary N) is 2. The number of carbonyl (C=O) groups excluding carboxylic acids is 2. The van der Waals surface area contributed by atoms with Crippen LogP contribution in [0.1, 0.15) is 31.3 Å². The van der Waals surface area contributed by atoms with Crippen molar-refractivity contribution in [3.8, 4) is 11.3 Å². The summed E-state index contributed by atoms with van der Waals surface area (Å²) in [7, 11) is 0. The van der Waals surface area contributed by atoms with Crippen LogP contribution in [-0.2, 0) is 16.0 Å². The van der Waals surface area contributed by atoms with Gasteiger partial charge in [0.2, 0.25) is 5.91 Å². The molecule has 8 heteroatoms. The van der Waals surface area contributed by atoms with Crippen molar-refractivity contribution in [2.45, 2.75) is 39.7 Å². The average molecular weight is 442 g/mol. The van der Waals surface area contributed by atoms with Gasteiger partial charge in [0.1, 0.15) is 11.4 Å². The number of anilines is 2. The van der Waals surface area contributed by atoms with Crippen LogP contribution in [0.3, 0.4) is 0 Å². The predicted molar refractivity (Wildman–Crippen MR) is 121 cm³/mol. The second-order valence-corrected chi connectivity index (χ2v) is 9.05. The first kappa shape index (κ1) is 22.4. The van der Waals surface area contributed by atoms with Crippen LogP contribution >= 0.6 is 11.3 Å². The number of benzene rings is 2.